The number of hydrogen-bond donors (Lipinski definition) is 0. The Morgan fingerprint density at radius 1 is 1.11 bits per heavy atom. The predicted octanol–water partition coefficient (Wildman–Crippen LogP) is 4.12. The molecule has 1 aromatic carbocycles. The third kappa shape index (κ3) is 2.88. The van der Waals surface area contributed by atoms with Gasteiger partial charge in [0, 0.05) is 29.1 Å². The Labute approximate surface area is 164 Å². The molecular weight excluding hydrogens is 354 g/mol. The van der Waals surface area contributed by atoms with E-state index in [-0.39, 0.29) is 12.4 Å². The van der Waals surface area contributed by atoms with Gasteiger partial charge in [0.1, 0.15) is 17.7 Å². The average Bonchev–Trinajstić information content (AvgIpc) is 3.29. The van der Waals surface area contributed by atoms with Crippen molar-refractivity contribution in [2.75, 3.05) is 13.7 Å². The average molecular weight is 379 g/mol. The summed E-state index contributed by atoms with van der Waals surface area (Å²) in [5.74, 6) is 1.26. The van der Waals surface area contributed by atoms with Gasteiger partial charge < -0.3 is 18.8 Å². The normalized spacial score (nSPS) is 27.1. The molecular formula is C22H25N3O3. The second kappa shape index (κ2) is 6.87. The topological polar surface area (TPSA) is 58.4 Å². The first-order chi connectivity index (χ1) is 13.6. The first-order valence-corrected chi connectivity index (χ1v) is 9.84. The van der Waals surface area contributed by atoms with Crippen LogP contribution in [-0.4, -0.2) is 34.4 Å². The van der Waals surface area contributed by atoms with Crippen LogP contribution < -0.4 is 4.74 Å². The van der Waals surface area contributed by atoms with Crippen LogP contribution in [0, 0.1) is 19.8 Å². The van der Waals surface area contributed by atoms with Gasteiger partial charge in [-0.05, 0) is 44.4 Å². The van der Waals surface area contributed by atoms with Crippen molar-refractivity contribution in [2.24, 2.45) is 5.92 Å². The number of nitrogens with zero attached hydrogens (tertiary/aromatic N) is 3. The zero-order chi connectivity index (χ0) is 19.3. The monoisotopic (exact) mass is 379 g/mol. The van der Waals surface area contributed by atoms with Crippen LogP contribution >= 0.6 is 0 Å². The van der Waals surface area contributed by atoms with Crippen LogP contribution in [0.15, 0.2) is 36.8 Å². The summed E-state index contributed by atoms with van der Waals surface area (Å²) in [6, 6.07) is 8.29. The van der Waals surface area contributed by atoms with Gasteiger partial charge in [0.2, 0.25) is 0 Å². The fourth-order valence-electron chi connectivity index (χ4n) is 4.70. The van der Waals surface area contributed by atoms with Gasteiger partial charge in [0.25, 0.3) is 0 Å². The second-order valence-corrected chi connectivity index (χ2v) is 7.88. The number of aromatic nitrogens is 3. The molecule has 0 radical (unpaired) electrons. The van der Waals surface area contributed by atoms with Crippen LogP contribution in [0.4, 0.5) is 0 Å². The molecule has 6 heteroatoms. The van der Waals surface area contributed by atoms with Crippen LogP contribution in [0.25, 0.3) is 11.0 Å². The lowest BCUT2D eigenvalue weighted by Crippen LogP contribution is -2.32. The maximum Gasteiger partial charge on any atom is 0.184 e. The van der Waals surface area contributed by atoms with Crippen LogP contribution in [-0.2, 0) is 9.47 Å². The maximum atomic E-state index is 6.36. The minimum absolute atomic E-state index is 0.201. The van der Waals surface area contributed by atoms with E-state index < -0.39 is 0 Å². The van der Waals surface area contributed by atoms with Crippen molar-refractivity contribution < 1.29 is 14.2 Å². The van der Waals surface area contributed by atoms with Crippen molar-refractivity contribution in [1.29, 1.82) is 0 Å². The first kappa shape index (κ1) is 17.6. The van der Waals surface area contributed by atoms with E-state index in [9.17, 15) is 0 Å². The Morgan fingerprint density at radius 3 is 2.71 bits per heavy atom. The molecule has 0 bridgehead atoms. The smallest absolute Gasteiger partial charge is 0.184 e. The molecule has 1 unspecified atom stereocenters. The lowest BCUT2D eigenvalue weighted by molar-refractivity contribution is -0.233. The highest BCUT2D eigenvalue weighted by Gasteiger charge is 2.41. The molecule has 0 N–H and O–H groups in total. The molecule has 6 nitrogen and oxygen atoms in total. The van der Waals surface area contributed by atoms with E-state index in [0.29, 0.717) is 12.0 Å². The number of benzene rings is 1. The Bertz CT molecular complexity index is 998. The molecule has 1 aliphatic heterocycles. The fourth-order valence-corrected chi connectivity index (χ4v) is 4.70. The molecule has 1 saturated carbocycles. The van der Waals surface area contributed by atoms with E-state index >= 15 is 0 Å². The van der Waals surface area contributed by atoms with E-state index in [0.717, 1.165) is 42.1 Å². The third-order valence-corrected chi connectivity index (χ3v) is 6.13. The summed E-state index contributed by atoms with van der Waals surface area (Å²) >= 11 is 0. The number of methoxy groups -OCH3 is 1. The van der Waals surface area contributed by atoms with Gasteiger partial charge in [-0.1, -0.05) is 12.1 Å². The number of aryl methyl sites for hydroxylation is 2. The molecule has 28 heavy (non-hydrogen) atoms. The standard InChI is InChI=1S/C22H25N3O3/c1-13-10-25(21-20(13)14(2)23-12-24-21)17-8-16-11-27-22(28-19(16)9-17)15-4-6-18(26-3)7-5-15/h4-7,10,12,16-17,19,22H,8-9,11H2,1-3H3/t16-,17+,19-,22?/m0/s1. The fraction of sp³-hybridized carbons (Fsp3) is 0.455. The van der Waals surface area contributed by atoms with Crippen LogP contribution in [0.2, 0.25) is 0 Å². The summed E-state index contributed by atoms with van der Waals surface area (Å²) in [4.78, 5) is 8.93. The van der Waals surface area contributed by atoms with Gasteiger partial charge in [0.05, 0.1) is 25.5 Å². The van der Waals surface area contributed by atoms with Crippen molar-refractivity contribution in [2.45, 2.75) is 45.1 Å². The summed E-state index contributed by atoms with van der Waals surface area (Å²) in [6.07, 6.45) is 5.80. The number of rotatable bonds is 3. The number of fused-ring (bicyclic) bond motifs is 2. The van der Waals surface area contributed by atoms with Crippen LogP contribution in [0.1, 0.15) is 42.0 Å². The molecule has 0 amide bonds. The van der Waals surface area contributed by atoms with E-state index in [1.54, 1.807) is 13.4 Å². The van der Waals surface area contributed by atoms with Crippen molar-refractivity contribution >= 4 is 11.0 Å². The lowest BCUT2D eigenvalue weighted by Gasteiger charge is -2.32. The highest BCUT2D eigenvalue weighted by Crippen LogP contribution is 2.44. The molecule has 146 valence electrons. The Hall–Kier alpha value is -2.44. The van der Waals surface area contributed by atoms with Crippen molar-refractivity contribution in [3.05, 3.63) is 53.6 Å². The summed E-state index contributed by atoms with van der Waals surface area (Å²) < 4.78 is 20.0. The minimum atomic E-state index is -0.307. The predicted molar refractivity (Wildman–Crippen MR) is 105 cm³/mol. The van der Waals surface area contributed by atoms with Crippen LogP contribution in [0.3, 0.4) is 0 Å². The van der Waals surface area contributed by atoms with Gasteiger partial charge in [-0.15, -0.1) is 0 Å². The van der Waals surface area contributed by atoms with Gasteiger partial charge in [-0.3, -0.25) is 0 Å². The molecule has 3 aromatic rings. The van der Waals surface area contributed by atoms with Gasteiger partial charge in [-0.25, -0.2) is 9.97 Å². The first-order valence-electron chi connectivity index (χ1n) is 9.84. The summed E-state index contributed by atoms with van der Waals surface area (Å²) in [6.45, 7) is 4.91. The summed E-state index contributed by atoms with van der Waals surface area (Å²) in [7, 11) is 1.67. The van der Waals surface area contributed by atoms with Crippen molar-refractivity contribution in [1.82, 2.24) is 14.5 Å². The second-order valence-electron chi connectivity index (χ2n) is 7.88. The number of hydrogen-bond acceptors (Lipinski definition) is 5. The van der Waals surface area contributed by atoms with Crippen molar-refractivity contribution in [3.63, 3.8) is 0 Å². The summed E-state index contributed by atoms with van der Waals surface area (Å²) in [5.41, 5.74) is 4.33. The third-order valence-electron chi connectivity index (χ3n) is 6.13. The molecule has 2 fully saturated rings. The summed E-state index contributed by atoms with van der Waals surface area (Å²) in [5, 5.41) is 1.17. The Kier molecular flexibility index (Phi) is 4.33. The highest BCUT2D eigenvalue weighted by molar-refractivity contribution is 5.82. The van der Waals surface area contributed by atoms with Crippen LogP contribution in [0.5, 0.6) is 5.75 Å². The zero-order valence-corrected chi connectivity index (χ0v) is 16.5. The quantitative estimate of drug-likeness (QED) is 0.685. The van der Waals surface area contributed by atoms with Gasteiger partial charge in [0.15, 0.2) is 6.29 Å². The Balaban J connectivity index is 1.36. The molecule has 2 aliphatic rings. The Morgan fingerprint density at radius 2 is 1.93 bits per heavy atom. The molecule has 5 rings (SSSR count). The van der Waals surface area contributed by atoms with Crippen molar-refractivity contribution in [3.8, 4) is 5.75 Å². The number of ether oxygens (including phenoxy) is 3. The minimum Gasteiger partial charge on any atom is -0.497 e. The molecule has 2 aromatic heterocycles. The largest absolute Gasteiger partial charge is 0.497 e. The van der Waals surface area contributed by atoms with E-state index in [1.165, 1.54) is 10.9 Å². The maximum absolute atomic E-state index is 6.36. The van der Waals surface area contributed by atoms with Gasteiger partial charge >= 0.3 is 0 Å². The molecule has 0 spiro atoms. The molecule has 3 heterocycles. The molecule has 1 saturated heterocycles. The van der Waals surface area contributed by atoms with Gasteiger partial charge in [-0.2, -0.15) is 0 Å². The molecule has 1 aliphatic carbocycles. The highest BCUT2D eigenvalue weighted by atomic mass is 16.7. The zero-order valence-electron chi connectivity index (χ0n) is 16.5. The molecule has 4 atom stereocenters. The lowest BCUT2D eigenvalue weighted by atomic mass is 10.1. The van der Waals surface area contributed by atoms with E-state index in [4.69, 9.17) is 14.2 Å². The van der Waals surface area contributed by atoms with E-state index in [1.807, 2.05) is 31.2 Å². The van der Waals surface area contributed by atoms with E-state index in [2.05, 4.69) is 27.7 Å². The SMILES string of the molecule is COc1ccc(C2OC[C@@H]3C[C@@H](n4cc(C)c5c(C)ncnc54)C[C@@H]3O2)cc1.